The van der Waals surface area contributed by atoms with Gasteiger partial charge >= 0.3 is 0 Å². The van der Waals surface area contributed by atoms with Crippen LogP contribution in [0.25, 0.3) is 0 Å². The first-order valence-electron chi connectivity index (χ1n) is 10.5. The van der Waals surface area contributed by atoms with Gasteiger partial charge in [-0.2, -0.15) is 0 Å². The molecule has 4 rings (SSSR count). The Morgan fingerprint density at radius 2 is 1.47 bits per heavy atom. The van der Waals surface area contributed by atoms with Crippen molar-refractivity contribution in [3.63, 3.8) is 0 Å². The molecule has 3 aromatic rings. The molecule has 0 bridgehead atoms. The first-order valence-corrected chi connectivity index (χ1v) is 12.0. The number of nitrogens with zero attached hydrogens (tertiary/aromatic N) is 1. The van der Waals surface area contributed by atoms with E-state index in [1.54, 1.807) is 18.2 Å². The molecule has 0 fully saturated rings. The maximum absolute atomic E-state index is 13.5. The van der Waals surface area contributed by atoms with Gasteiger partial charge in [-0.1, -0.05) is 79.2 Å². The van der Waals surface area contributed by atoms with Crippen LogP contribution in [0.4, 0.5) is 0 Å². The number of rotatable bonds is 6. The summed E-state index contributed by atoms with van der Waals surface area (Å²) in [6.07, 6.45) is 0.840. The van der Waals surface area contributed by atoms with Crippen molar-refractivity contribution in [3.8, 4) is 0 Å². The van der Waals surface area contributed by atoms with E-state index in [1.165, 1.54) is 17.0 Å². The Morgan fingerprint density at radius 1 is 0.875 bits per heavy atom. The lowest BCUT2D eigenvalue weighted by Gasteiger charge is -2.27. The van der Waals surface area contributed by atoms with Crippen LogP contribution in [0, 0.1) is 6.92 Å². The molecular formula is C26H25NO4S. The fourth-order valence-electron chi connectivity index (χ4n) is 3.95. The van der Waals surface area contributed by atoms with Crippen LogP contribution >= 0.6 is 0 Å². The molecule has 6 heteroatoms. The van der Waals surface area contributed by atoms with Gasteiger partial charge in [-0.05, 0) is 42.2 Å². The third-order valence-corrected chi connectivity index (χ3v) is 7.67. The number of benzene rings is 3. The van der Waals surface area contributed by atoms with Gasteiger partial charge in [0.15, 0.2) is 5.76 Å². The standard InChI is InChI=1S/C26H25NO4S/c1-3-19-13-15-21(16-14-19)23-25(32(30,31)22-7-5-4-6-8-22)24(28)26(29)27(23)17-20-11-9-18(2)10-12-20/h4-16,23,28H,3,17H2,1-2H3/t23-/m0/s1. The molecule has 0 saturated carbocycles. The largest absolute Gasteiger partial charge is 0.502 e. The highest BCUT2D eigenvalue weighted by molar-refractivity contribution is 7.95. The minimum Gasteiger partial charge on any atom is -0.502 e. The molecular weight excluding hydrogens is 422 g/mol. The Kier molecular flexibility index (Phi) is 5.89. The molecule has 1 aliphatic rings. The minimum absolute atomic E-state index is 0.0433. The normalized spacial score (nSPS) is 16.6. The van der Waals surface area contributed by atoms with Crippen LogP contribution < -0.4 is 0 Å². The summed E-state index contributed by atoms with van der Waals surface area (Å²) in [4.78, 5) is 14.3. The second-order valence-corrected chi connectivity index (χ2v) is 9.86. The van der Waals surface area contributed by atoms with Crippen molar-refractivity contribution in [1.82, 2.24) is 4.90 Å². The van der Waals surface area contributed by atoms with Crippen LogP contribution in [0.1, 0.15) is 35.2 Å². The maximum Gasteiger partial charge on any atom is 0.290 e. The smallest absolute Gasteiger partial charge is 0.290 e. The van der Waals surface area contributed by atoms with Gasteiger partial charge in [0.1, 0.15) is 4.91 Å². The van der Waals surface area contributed by atoms with E-state index in [4.69, 9.17) is 0 Å². The van der Waals surface area contributed by atoms with Crippen molar-refractivity contribution in [2.75, 3.05) is 0 Å². The molecule has 1 N–H and O–H groups in total. The Balaban J connectivity index is 1.84. The zero-order chi connectivity index (χ0) is 22.9. The summed E-state index contributed by atoms with van der Waals surface area (Å²) in [5.41, 5.74) is 3.68. The Morgan fingerprint density at radius 3 is 2.06 bits per heavy atom. The van der Waals surface area contributed by atoms with Crippen LogP contribution in [0.2, 0.25) is 0 Å². The molecule has 1 aliphatic heterocycles. The van der Waals surface area contributed by atoms with E-state index in [0.717, 1.165) is 23.1 Å². The highest BCUT2D eigenvalue weighted by Gasteiger charge is 2.46. The van der Waals surface area contributed by atoms with E-state index in [9.17, 15) is 18.3 Å². The van der Waals surface area contributed by atoms with E-state index in [0.29, 0.717) is 5.56 Å². The molecule has 0 radical (unpaired) electrons. The van der Waals surface area contributed by atoms with Gasteiger partial charge in [0.2, 0.25) is 9.84 Å². The molecule has 5 nitrogen and oxygen atoms in total. The molecule has 0 saturated heterocycles. The molecule has 1 heterocycles. The van der Waals surface area contributed by atoms with Gasteiger partial charge in [-0.15, -0.1) is 0 Å². The highest BCUT2D eigenvalue weighted by Crippen LogP contribution is 2.43. The molecule has 3 aromatic carbocycles. The number of aliphatic hydroxyl groups excluding tert-OH is 1. The summed E-state index contributed by atoms with van der Waals surface area (Å²) in [5.74, 6) is -1.41. The van der Waals surface area contributed by atoms with E-state index in [1.807, 2.05) is 62.4 Å². The molecule has 1 atom stereocenters. The van der Waals surface area contributed by atoms with Crippen LogP contribution in [0.5, 0.6) is 0 Å². The lowest BCUT2D eigenvalue weighted by molar-refractivity contribution is -0.130. The topological polar surface area (TPSA) is 74.7 Å². The summed E-state index contributed by atoms with van der Waals surface area (Å²) in [6.45, 7) is 4.19. The molecule has 0 aliphatic carbocycles. The number of amides is 1. The SMILES string of the molecule is CCc1ccc([C@H]2C(S(=O)(=O)c3ccccc3)=C(O)C(=O)N2Cc2ccc(C)cc2)cc1. The van der Waals surface area contributed by atoms with E-state index >= 15 is 0 Å². The molecule has 0 spiro atoms. The number of sulfone groups is 1. The van der Waals surface area contributed by atoms with Gasteiger partial charge in [0.05, 0.1) is 10.9 Å². The van der Waals surface area contributed by atoms with E-state index in [2.05, 4.69) is 0 Å². The predicted molar refractivity (Wildman–Crippen MR) is 124 cm³/mol. The summed E-state index contributed by atoms with van der Waals surface area (Å²) >= 11 is 0. The number of hydrogen-bond acceptors (Lipinski definition) is 4. The zero-order valence-corrected chi connectivity index (χ0v) is 18.8. The summed E-state index contributed by atoms with van der Waals surface area (Å²) in [5, 5.41) is 10.8. The quantitative estimate of drug-likeness (QED) is 0.584. The minimum atomic E-state index is -4.10. The summed E-state index contributed by atoms with van der Waals surface area (Å²) in [6, 6.07) is 22.2. The summed E-state index contributed by atoms with van der Waals surface area (Å²) in [7, 11) is -4.10. The molecule has 0 unspecified atom stereocenters. The highest BCUT2D eigenvalue weighted by atomic mass is 32.2. The number of hydrogen-bond donors (Lipinski definition) is 1. The summed E-state index contributed by atoms with van der Waals surface area (Å²) < 4.78 is 27.1. The monoisotopic (exact) mass is 447 g/mol. The van der Waals surface area contributed by atoms with Gasteiger partial charge < -0.3 is 10.0 Å². The molecule has 32 heavy (non-hydrogen) atoms. The van der Waals surface area contributed by atoms with E-state index in [-0.39, 0.29) is 16.3 Å². The first kappa shape index (κ1) is 21.8. The van der Waals surface area contributed by atoms with Crippen molar-refractivity contribution in [3.05, 3.63) is 112 Å². The van der Waals surface area contributed by atoms with Crippen LogP contribution in [-0.2, 0) is 27.6 Å². The average molecular weight is 448 g/mol. The van der Waals surface area contributed by atoms with Crippen molar-refractivity contribution < 1.29 is 18.3 Å². The van der Waals surface area contributed by atoms with Crippen LogP contribution in [0.3, 0.4) is 0 Å². The molecule has 1 amide bonds. The van der Waals surface area contributed by atoms with Crippen molar-refractivity contribution in [2.24, 2.45) is 0 Å². The molecule has 0 aromatic heterocycles. The predicted octanol–water partition coefficient (Wildman–Crippen LogP) is 4.88. The fraction of sp³-hybridized carbons (Fsp3) is 0.192. The second-order valence-electron chi connectivity index (χ2n) is 7.95. The number of aliphatic hydroxyl groups is 1. The fourth-order valence-corrected chi connectivity index (χ4v) is 5.62. The lowest BCUT2D eigenvalue weighted by atomic mass is 10.0. The average Bonchev–Trinajstić information content (AvgIpc) is 3.06. The Labute approximate surface area is 188 Å². The van der Waals surface area contributed by atoms with Crippen molar-refractivity contribution in [2.45, 2.75) is 37.8 Å². The van der Waals surface area contributed by atoms with Crippen molar-refractivity contribution in [1.29, 1.82) is 0 Å². The first-order chi connectivity index (χ1) is 15.3. The third-order valence-electron chi connectivity index (χ3n) is 5.78. The number of carbonyl (C=O) groups is 1. The van der Waals surface area contributed by atoms with Crippen LogP contribution in [-0.4, -0.2) is 24.3 Å². The maximum atomic E-state index is 13.5. The van der Waals surface area contributed by atoms with Gasteiger partial charge in [0, 0.05) is 6.54 Å². The second kappa shape index (κ2) is 8.63. The number of carbonyl (C=O) groups excluding carboxylic acids is 1. The van der Waals surface area contributed by atoms with Gasteiger partial charge in [0.25, 0.3) is 5.91 Å². The van der Waals surface area contributed by atoms with Gasteiger partial charge in [-0.25, -0.2) is 8.42 Å². The Bertz CT molecular complexity index is 1260. The van der Waals surface area contributed by atoms with Crippen LogP contribution in [0.15, 0.2) is 94.4 Å². The lowest BCUT2D eigenvalue weighted by Crippen LogP contribution is -2.30. The molecule has 164 valence electrons. The third kappa shape index (κ3) is 3.94. The number of aryl methyl sites for hydroxylation is 2. The van der Waals surface area contributed by atoms with Gasteiger partial charge in [-0.3, -0.25) is 4.79 Å². The van der Waals surface area contributed by atoms with Crippen molar-refractivity contribution >= 4 is 15.7 Å². The van der Waals surface area contributed by atoms with E-state index < -0.39 is 27.5 Å². The zero-order valence-electron chi connectivity index (χ0n) is 18.0. The Hall–Kier alpha value is -3.38.